The minimum atomic E-state index is -0.0245. The van der Waals surface area contributed by atoms with E-state index in [0.717, 1.165) is 34.7 Å². The van der Waals surface area contributed by atoms with Gasteiger partial charge in [0, 0.05) is 31.9 Å². The summed E-state index contributed by atoms with van der Waals surface area (Å²) in [6.45, 7) is 0.717. The van der Waals surface area contributed by atoms with E-state index in [1.807, 2.05) is 79.3 Å². The van der Waals surface area contributed by atoms with Crippen LogP contribution in [0.4, 0.5) is 5.69 Å². The minimum Gasteiger partial charge on any atom is -0.493 e. The van der Waals surface area contributed by atoms with Crippen molar-refractivity contribution < 1.29 is 9.53 Å². The van der Waals surface area contributed by atoms with Gasteiger partial charge >= 0.3 is 0 Å². The van der Waals surface area contributed by atoms with Gasteiger partial charge in [-0.15, -0.1) is 0 Å². The van der Waals surface area contributed by atoms with E-state index in [4.69, 9.17) is 4.74 Å². The Labute approximate surface area is 147 Å². The molecule has 2 aromatic carbocycles. The van der Waals surface area contributed by atoms with Crippen molar-refractivity contribution in [2.45, 2.75) is 6.42 Å². The van der Waals surface area contributed by atoms with Gasteiger partial charge < -0.3 is 14.2 Å². The summed E-state index contributed by atoms with van der Waals surface area (Å²) in [6, 6.07) is 19.9. The lowest BCUT2D eigenvalue weighted by atomic mass is 10.1. The van der Waals surface area contributed by atoms with Crippen LogP contribution in [0.15, 0.2) is 60.7 Å². The molecule has 0 fully saturated rings. The van der Waals surface area contributed by atoms with E-state index >= 15 is 0 Å². The third-order valence-corrected chi connectivity index (χ3v) is 4.78. The quantitative estimate of drug-likeness (QED) is 0.729. The second-order valence-corrected chi connectivity index (χ2v) is 6.28. The summed E-state index contributed by atoms with van der Waals surface area (Å²) in [7, 11) is 3.75. The molecule has 1 aliphatic rings. The molecule has 126 valence electrons. The summed E-state index contributed by atoms with van der Waals surface area (Å²) < 4.78 is 7.49. The van der Waals surface area contributed by atoms with Gasteiger partial charge in [-0.25, -0.2) is 0 Å². The van der Waals surface area contributed by atoms with Crippen LogP contribution in [0.2, 0.25) is 0 Å². The monoisotopic (exact) mass is 332 g/mol. The number of aromatic nitrogens is 1. The normalized spacial score (nSPS) is 12.6. The van der Waals surface area contributed by atoms with Crippen molar-refractivity contribution in [1.29, 1.82) is 0 Å². The van der Waals surface area contributed by atoms with E-state index in [0.29, 0.717) is 12.3 Å². The van der Waals surface area contributed by atoms with Crippen LogP contribution in [-0.4, -0.2) is 24.1 Å². The average molecular weight is 332 g/mol. The summed E-state index contributed by atoms with van der Waals surface area (Å²) in [5.41, 5.74) is 4.84. The fraction of sp³-hybridized carbons (Fsp3) is 0.190. The largest absolute Gasteiger partial charge is 0.493 e. The first-order chi connectivity index (χ1) is 12.1. The van der Waals surface area contributed by atoms with Gasteiger partial charge in [-0.3, -0.25) is 4.79 Å². The molecule has 0 radical (unpaired) electrons. The molecule has 0 bridgehead atoms. The van der Waals surface area contributed by atoms with Gasteiger partial charge in [0.05, 0.1) is 6.61 Å². The first kappa shape index (κ1) is 15.5. The zero-order valence-corrected chi connectivity index (χ0v) is 14.4. The van der Waals surface area contributed by atoms with Gasteiger partial charge in [-0.05, 0) is 41.5 Å². The molecule has 4 rings (SSSR count). The number of carbonyl (C=O) groups is 1. The highest BCUT2D eigenvalue weighted by molar-refractivity contribution is 6.05. The summed E-state index contributed by atoms with van der Waals surface area (Å²) in [5, 5.41) is 0. The first-order valence-corrected chi connectivity index (χ1v) is 8.40. The van der Waals surface area contributed by atoms with Crippen molar-refractivity contribution in [2.75, 3.05) is 18.6 Å². The van der Waals surface area contributed by atoms with Crippen LogP contribution in [0.25, 0.3) is 11.3 Å². The number of anilines is 1. The van der Waals surface area contributed by atoms with Gasteiger partial charge in [0.1, 0.15) is 11.4 Å². The fourth-order valence-electron chi connectivity index (χ4n) is 3.30. The highest BCUT2D eigenvalue weighted by Gasteiger charge is 2.20. The Kier molecular flexibility index (Phi) is 3.80. The molecule has 0 saturated carbocycles. The van der Waals surface area contributed by atoms with Crippen LogP contribution in [0.1, 0.15) is 16.1 Å². The Bertz CT molecular complexity index is 928. The second kappa shape index (κ2) is 6.13. The smallest absolute Gasteiger partial charge is 0.274 e. The summed E-state index contributed by atoms with van der Waals surface area (Å²) in [6.07, 6.45) is 0.896. The predicted molar refractivity (Wildman–Crippen MR) is 99.2 cm³/mol. The molecule has 0 N–H and O–H groups in total. The number of hydrogen-bond donors (Lipinski definition) is 0. The van der Waals surface area contributed by atoms with Crippen molar-refractivity contribution >= 4 is 11.6 Å². The lowest BCUT2D eigenvalue weighted by molar-refractivity contribution is 0.0985. The molecule has 0 spiro atoms. The Hall–Kier alpha value is -3.01. The van der Waals surface area contributed by atoms with E-state index < -0.39 is 0 Å². The predicted octanol–water partition coefficient (Wildman–Crippen LogP) is 3.90. The van der Waals surface area contributed by atoms with Crippen LogP contribution in [-0.2, 0) is 13.5 Å². The van der Waals surface area contributed by atoms with E-state index in [1.54, 1.807) is 4.90 Å². The van der Waals surface area contributed by atoms with Gasteiger partial charge in [0.25, 0.3) is 5.91 Å². The maximum Gasteiger partial charge on any atom is 0.274 e. The standard InChI is InChI=1S/C21H20N2O2/c1-22(17-8-11-20-16(14-17)12-13-25-20)21(24)19-10-9-18(23(19)2)15-6-4-3-5-7-15/h3-11,14H,12-13H2,1-2H3. The van der Waals surface area contributed by atoms with Gasteiger partial charge in [-0.2, -0.15) is 0 Å². The minimum absolute atomic E-state index is 0.0245. The molecule has 2 heterocycles. The Morgan fingerprint density at radius 1 is 1.08 bits per heavy atom. The van der Waals surface area contributed by atoms with E-state index in [1.165, 1.54) is 0 Å². The summed E-state index contributed by atoms with van der Waals surface area (Å²) in [4.78, 5) is 14.7. The van der Waals surface area contributed by atoms with Crippen molar-refractivity contribution in [3.8, 4) is 17.0 Å². The average Bonchev–Trinajstić information content (AvgIpc) is 3.27. The molecule has 4 nitrogen and oxygen atoms in total. The van der Waals surface area contributed by atoms with Gasteiger partial charge in [0.2, 0.25) is 0 Å². The van der Waals surface area contributed by atoms with Crippen LogP contribution < -0.4 is 9.64 Å². The zero-order valence-electron chi connectivity index (χ0n) is 14.4. The SMILES string of the molecule is CN(C(=O)c1ccc(-c2ccccc2)n1C)c1ccc2c(c1)CCO2. The first-order valence-electron chi connectivity index (χ1n) is 8.40. The molecule has 4 heteroatoms. The molecular weight excluding hydrogens is 312 g/mol. The number of carbonyl (C=O) groups excluding carboxylic acids is 1. The Morgan fingerprint density at radius 3 is 2.68 bits per heavy atom. The fourth-order valence-corrected chi connectivity index (χ4v) is 3.30. The summed E-state index contributed by atoms with van der Waals surface area (Å²) >= 11 is 0. The van der Waals surface area contributed by atoms with Gasteiger partial charge in [0.15, 0.2) is 0 Å². The number of nitrogens with zero attached hydrogens (tertiary/aromatic N) is 2. The lowest BCUT2D eigenvalue weighted by Crippen LogP contribution is -2.28. The van der Waals surface area contributed by atoms with Crippen molar-refractivity contribution in [3.63, 3.8) is 0 Å². The molecule has 0 saturated heterocycles. The third kappa shape index (κ3) is 2.70. The molecule has 1 amide bonds. The number of amides is 1. The number of benzene rings is 2. The summed E-state index contributed by atoms with van der Waals surface area (Å²) in [5.74, 6) is 0.901. The molecule has 0 atom stereocenters. The zero-order chi connectivity index (χ0) is 17.4. The Morgan fingerprint density at radius 2 is 1.88 bits per heavy atom. The maximum absolute atomic E-state index is 13.0. The Balaban J connectivity index is 1.64. The molecule has 0 unspecified atom stereocenters. The molecule has 0 aliphatic carbocycles. The number of fused-ring (bicyclic) bond motifs is 1. The maximum atomic E-state index is 13.0. The topological polar surface area (TPSA) is 34.5 Å². The van der Waals surface area contributed by atoms with E-state index in [-0.39, 0.29) is 5.91 Å². The highest BCUT2D eigenvalue weighted by atomic mass is 16.5. The third-order valence-electron chi connectivity index (χ3n) is 4.78. The lowest BCUT2D eigenvalue weighted by Gasteiger charge is -2.19. The molecular formula is C21H20N2O2. The van der Waals surface area contributed by atoms with Crippen LogP contribution in [0.3, 0.4) is 0 Å². The van der Waals surface area contributed by atoms with Crippen LogP contribution >= 0.6 is 0 Å². The van der Waals surface area contributed by atoms with Crippen LogP contribution in [0.5, 0.6) is 5.75 Å². The number of ether oxygens (including phenoxy) is 1. The second-order valence-electron chi connectivity index (χ2n) is 6.28. The van der Waals surface area contributed by atoms with E-state index in [9.17, 15) is 4.79 Å². The molecule has 3 aromatic rings. The molecule has 1 aliphatic heterocycles. The van der Waals surface area contributed by atoms with Crippen molar-refractivity contribution in [2.24, 2.45) is 7.05 Å². The van der Waals surface area contributed by atoms with Gasteiger partial charge in [-0.1, -0.05) is 30.3 Å². The van der Waals surface area contributed by atoms with Crippen LogP contribution in [0, 0.1) is 0 Å². The highest BCUT2D eigenvalue weighted by Crippen LogP contribution is 2.30. The van der Waals surface area contributed by atoms with Crippen molar-refractivity contribution in [1.82, 2.24) is 4.57 Å². The number of rotatable bonds is 3. The molecule has 25 heavy (non-hydrogen) atoms. The molecule has 1 aromatic heterocycles. The number of hydrogen-bond acceptors (Lipinski definition) is 2. The van der Waals surface area contributed by atoms with E-state index in [2.05, 4.69) is 0 Å². The van der Waals surface area contributed by atoms with Crippen molar-refractivity contribution in [3.05, 3.63) is 71.9 Å².